The van der Waals surface area contributed by atoms with E-state index in [-0.39, 0.29) is 0 Å². The van der Waals surface area contributed by atoms with Crippen molar-refractivity contribution < 1.29 is 0 Å². The average molecular weight is 173 g/mol. The first kappa shape index (κ1) is 8.60. The second-order valence-corrected chi connectivity index (χ2v) is 3.04. The summed E-state index contributed by atoms with van der Waals surface area (Å²) in [5.41, 5.74) is 0.992. The van der Waals surface area contributed by atoms with Gasteiger partial charge in [0.1, 0.15) is 0 Å². The quantitative estimate of drug-likeness (QED) is 0.686. The van der Waals surface area contributed by atoms with E-state index < -0.39 is 0 Å². The molecule has 0 aliphatic heterocycles. The van der Waals surface area contributed by atoms with Gasteiger partial charge in [-0.25, -0.2) is 4.98 Å². The highest BCUT2D eigenvalue weighted by Crippen LogP contribution is 2.09. The number of imidazole rings is 1. The number of aromatic nitrogens is 2. The topological polar surface area (TPSA) is 17.8 Å². The van der Waals surface area contributed by atoms with E-state index in [0.29, 0.717) is 5.28 Å². The lowest BCUT2D eigenvalue weighted by atomic mass is 10.3. The summed E-state index contributed by atoms with van der Waals surface area (Å²) in [6.07, 6.45) is 4.33. The maximum atomic E-state index is 5.83. The molecule has 0 amide bonds. The van der Waals surface area contributed by atoms with Gasteiger partial charge in [0, 0.05) is 12.7 Å². The van der Waals surface area contributed by atoms with Crippen molar-refractivity contribution in [3.05, 3.63) is 17.2 Å². The van der Waals surface area contributed by atoms with Gasteiger partial charge in [0.15, 0.2) is 0 Å². The number of unbranched alkanes of at least 4 members (excludes halogenated alkanes) is 1. The molecule has 0 aromatic carbocycles. The fraction of sp³-hybridized carbons (Fsp3) is 0.625. The summed E-state index contributed by atoms with van der Waals surface area (Å²) in [5, 5.41) is 0.607. The minimum Gasteiger partial charge on any atom is -0.322 e. The van der Waals surface area contributed by atoms with Gasteiger partial charge >= 0.3 is 0 Å². The van der Waals surface area contributed by atoms with E-state index in [1.807, 2.05) is 17.7 Å². The van der Waals surface area contributed by atoms with Crippen LogP contribution >= 0.6 is 11.6 Å². The first-order valence-corrected chi connectivity index (χ1v) is 4.31. The Hall–Kier alpha value is -0.500. The van der Waals surface area contributed by atoms with Gasteiger partial charge in [0.05, 0.1) is 5.69 Å². The summed E-state index contributed by atoms with van der Waals surface area (Å²) < 4.78 is 1.99. The Balaban J connectivity index is 2.62. The fourth-order valence-corrected chi connectivity index (χ4v) is 1.27. The summed E-state index contributed by atoms with van der Waals surface area (Å²) in [7, 11) is 0. The van der Waals surface area contributed by atoms with Crippen LogP contribution in [0.2, 0.25) is 5.28 Å². The van der Waals surface area contributed by atoms with Crippen molar-refractivity contribution in [1.82, 2.24) is 9.55 Å². The molecular formula is C8H13ClN2. The minimum atomic E-state index is 0.607. The average Bonchev–Trinajstić information content (AvgIpc) is 2.26. The van der Waals surface area contributed by atoms with E-state index in [1.54, 1.807) is 0 Å². The number of rotatable bonds is 3. The predicted molar refractivity (Wildman–Crippen MR) is 46.9 cm³/mol. The highest BCUT2D eigenvalue weighted by Gasteiger charge is 2.00. The van der Waals surface area contributed by atoms with E-state index >= 15 is 0 Å². The van der Waals surface area contributed by atoms with Gasteiger partial charge in [-0.2, -0.15) is 0 Å². The minimum absolute atomic E-state index is 0.607. The molecule has 0 N–H and O–H groups in total. The monoisotopic (exact) mass is 172 g/mol. The molecule has 62 valence electrons. The molecular weight excluding hydrogens is 160 g/mol. The van der Waals surface area contributed by atoms with Crippen LogP contribution in [-0.4, -0.2) is 9.55 Å². The van der Waals surface area contributed by atoms with Gasteiger partial charge in [0.25, 0.3) is 0 Å². The lowest BCUT2D eigenvalue weighted by Gasteiger charge is -1.99. The molecule has 1 rings (SSSR count). The summed E-state index contributed by atoms with van der Waals surface area (Å²) in [6.45, 7) is 5.10. The van der Waals surface area contributed by atoms with Crippen molar-refractivity contribution in [2.75, 3.05) is 0 Å². The van der Waals surface area contributed by atoms with Crippen molar-refractivity contribution in [2.45, 2.75) is 33.2 Å². The Labute approximate surface area is 72.2 Å². The number of nitrogens with zero attached hydrogens (tertiary/aromatic N) is 2. The van der Waals surface area contributed by atoms with Gasteiger partial charge in [-0.15, -0.1) is 0 Å². The molecule has 0 unspecified atom stereocenters. The van der Waals surface area contributed by atoms with Gasteiger partial charge in [-0.3, -0.25) is 0 Å². The van der Waals surface area contributed by atoms with E-state index in [0.717, 1.165) is 18.7 Å². The van der Waals surface area contributed by atoms with Gasteiger partial charge < -0.3 is 4.57 Å². The molecule has 11 heavy (non-hydrogen) atoms. The first-order chi connectivity index (χ1) is 5.24. The zero-order valence-electron chi connectivity index (χ0n) is 6.97. The normalized spacial score (nSPS) is 10.5. The second-order valence-electron chi connectivity index (χ2n) is 2.70. The van der Waals surface area contributed by atoms with Crippen LogP contribution in [0.25, 0.3) is 0 Å². The summed E-state index contributed by atoms with van der Waals surface area (Å²) in [4.78, 5) is 4.09. The number of aryl methyl sites for hydroxylation is 2. The highest BCUT2D eigenvalue weighted by molar-refractivity contribution is 6.28. The molecule has 0 radical (unpaired) electrons. The van der Waals surface area contributed by atoms with Crippen LogP contribution in [0.5, 0.6) is 0 Å². The molecule has 0 aliphatic carbocycles. The summed E-state index contributed by atoms with van der Waals surface area (Å²) in [5.74, 6) is 0. The van der Waals surface area contributed by atoms with Crippen molar-refractivity contribution in [3.63, 3.8) is 0 Å². The van der Waals surface area contributed by atoms with Crippen LogP contribution in [0, 0.1) is 6.92 Å². The Morgan fingerprint density at radius 2 is 2.36 bits per heavy atom. The molecule has 1 heterocycles. The van der Waals surface area contributed by atoms with Crippen LogP contribution < -0.4 is 0 Å². The first-order valence-electron chi connectivity index (χ1n) is 3.93. The Bertz CT molecular complexity index is 230. The molecule has 0 spiro atoms. The second kappa shape index (κ2) is 3.77. The maximum absolute atomic E-state index is 5.83. The van der Waals surface area contributed by atoms with Crippen molar-refractivity contribution >= 4 is 11.6 Å². The zero-order chi connectivity index (χ0) is 8.27. The largest absolute Gasteiger partial charge is 0.322 e. The van der Waals surface area contributed by atoms with Gasteiger partial charge in [-0.1, -0.05) is 13.3 Å². The number of halogens is 1. The molecule has 0 atom stereocenters. The Morgan fingerprint density at radius 3 is 2.82 bits per heavy atom. The van der Waals surface area contributed by atoms with Crippen molar-refractivity contribution in [1.29, 1.82) is 0 Å². The van der Waals surface area contributed by atoms with Gasteiger partial charge in [-0.05, 0) is 24.9 Å². The van der Waals surface area contributed by atoms with E-state index in [1.165, 1.54) is 6.42 Å². The van der Waals surface area contributed by atoms with E-state index in [4.69, 9.17) is 11.6 Å². The van der Waals surface area contributed by atoms with Gasteiger partial charge in [0.2, 0.25) is 5.28 Å². The number of hydrogen-bond acceptors (Lipinski definition) is 1. The van der Waals surface area contributed by atoms with Crippen LogP contribution in [0.3, 0.4) is 0 Å². The highest BCUT2D eigenvalue weighted by atomic mass is 35.5. The van der Waals surface area contributed by atoms with Crippen LogP contribution in [0.15, 0.2) is 6.20 Å². The lowest BCUT2D eigenvalue weighted by molar-refractivity contribution is 0.632. The van der Waals surface area contributed by atoms with Crippen molar-refractivity contribution in [2.24, 2.45) is 0 Å². The summed E-state index contributed by atoms with van der Waals surface area (Å²) in [6, 6.07) is 0. The summed E-state index contributed by atoms with van der Waals surface area (Å²) >= 11 is 5.83. The van der Waals surface area contributed by atoms with Crippen molar-refractivity contribution in [3.8, 4) is 0 Å². The molecule has 0 fully saturated rings. The molecule has 1 aromatic heterocycles. The van der Waals surface area contributed by atoms with E-state index in [2.05, 4.69) is 11.9 Å². The van der Waals surface area contributed by atoms with Crippen LogP contribution in [0.4, 0.5) is 0 Å². The Morgan fingerprint density at radius 1 is 1.64 bits per heavy atom. The van der Waals surface area contributed by atoms with Crippen LogP contribution in [-0.2, 0) is 6.54 Å². The molecule has 0 bridgehead atoms. The lowest BCUT2D eigenvalue weighted by Crippen LogP contribution is -1.95. The standard InChI is InChI=1S/C8H13ClN2/c1-3-4-5-11-6-7(2)10-8(11)9/h6H,3-5H2,1-2H3. The molecule has 0 saturated carbocycles. The number of hydrogen-bond donors (Lipinski definition) is 0. The molecule has 2 nitrogen and oxygen atoms in total. The van der Waals surface area contributed by atoms with E-state index in [9.17, 15) is 0 Å². The zero-order valence-corrected chi connectivity index (χ0v) is 7.73. The van der Waals surface area contributed by atoms with Crippen LogP contribution in [0.1, 0.15) is 25.5 Å². The third kappa shape index (κ3) is 2.22. The molecule has 3 heteroatoms. The third-order valence-electron chi connectivity index (χ3n) is 1.60. The Kier molecular flexibility index (Phi) is 2.94. The third-order valence-corrected chi connectivity index (χ3v) is 1.90. The molecule has 0 aliphatic rings. The smallest absolute Gasteiger partial charge is 0.202 e. The molecule has 1 aromatic rings. The maximum Gasteiger partial charge on any atom is 0.202 e. The fourth-order valence-electron chi connectivity index (χ4n) is 1.00. The molecule has 0 saturated heterocycles. The predicted octanol–water partition coefficient (Wildman–Crippen LogP) is 2.65. The SMILES string of the molecule is CCCCn1cc(C)nc1Cl.